The van der Waals surface area contributed by atoms with Crippen molar-refractivity contribution in [2.45, 2.75) is 45.6 Å². The maximum atomic E-state index is 5.88. The number of nitrogens with one attached hydrogen (secondary N) is 1. The van der Waals surface area contributed by atoms with Crippen molar-refractivity contribution in [1.29, 1.82) is 0 Å². The van der Waals surface area contributed by atoms with Crippen LogP contribution in [0.25, 0.3) is 0 Å². The molecule has 1 aliphatic heterocycles. The Morgan fingerprint density at radius 1 is 1.57 bits per heavy atom. The highest BCUT2D eigenvalue weighted by Crippen LogP contribution is 2.27. The molecule has 14 heavy (non-hydrogen) atoms. The molecule has 1 aliphatic rings. The summed E-state index contributed by atoms with van der Waals surface area (Å²) >= 11 is 0. The highest BCUT2D eigenvalue weighted by molar-refractivity contribution is 5.25. The van der Waals surface area contributed by atoms with Crippen LogP contribution < -0.4 is 5.32 Å². The molecule has 0 aromatic carbocycles. The molecule has 0 fully saturated rings. The van der Waals surface area contributed by atoms with Crippen LogP contribution in [0.1, 0.15) is 49.7 Å². The molecule has 2 nitrogen and oxygen atoms in total. The van der Waals surface area contributed by atoms with Crippen molar-refractivity contribution < 1.29 is 4.42 Å². The largest absolute Gasteiger partial charge is 0.465 e. The Morgan fingerprint density at radius 3 is 3.14 bits per heavy atom. The van der Waals surface area contributed by atoms with E-state index >= 15 is 0 Å². The zero-order valence-corrected chi connectivity index (χ0v) is 9.10. The van der Waals surface area contributed by atoms with Gasteiger partial charge in [0.05, 0.1) is 0 Å². The zero-order valence-electron chi connectivity index (χ0n) is 9.10. The first-order chi connectivity index (χ1) is 6.81. The smallest absolute Gasteiger partial charge is 0.109 e. The zero-order chi connectivity index (χ0) is 9.97. The Balaban J connectivity index is 2.15. The summed E-state index contributed by atoms with van der Waals surface area (Å²) in [6.45, 7) is 6.52. The summed E-state index contributed by atoms with van der Waals surface area (Å²) in [4.78, 5) is 0. The van der Waals surface area contributed by atoms with Gasteiger partial charge in [0.2, 0.25) is 0 Å². The molecule has 2 heteroatoms. The Kier molecular flexibility index (Phi) is 2.92. The second kappa shape index (κ2) is 4.18. The van der Waals surface area contributed by atoms with E-state index in [1.54, 1.807) is 0 Å². The summed E-state index contributed by atoms with van der Waals surface area (Å²) in [7, 11) is 0. The van der Waals surface area contributed by atoms with Crippen molar-refractivity contribution in [3.05, 3.63) is 23.2 Å². The van der Waals surface area contributed by atoms with Crippen LogP contribution >= 0.6 is 0 Å². The van der Waals surface area contributed by atoms with Crippen LogP contribution in [0.4, 0.5) is 0 Å². The lowest BCUT2D eigenvalue weighted by Gasteiger charge is -2.09. The molecular weight excluding hydrogens is 174 g/mol. The topological polar surface area (TPSA) is 25.2 Å². The van der Waals surface area contributed by atoms with Crippen LogP contribution in [0.3, 0.4) is 0 Å². The standard InChI is InChI=1S/C12H19NO/c1-3-4-9(2)12-7-10-8-13-6-5-11(10)14-12/h7,9,13H,3-6,8H2,1-2H3. The first kappa shape index (κ1) is 9.78. The van der Waals surface area contributed by atoms with Gasteiger partial charge < -0.3 is 9.73 Å². The number of hydrogen-bond donors (Lipinski definition) is 1. The number of rotatable bonds is 3. The predicted molar refractivity (Wildman–Crippen MR) is 57.4 cm³/mol. The molecule has 1 aromatic heterocycles. The fraction of sp³-hybridized carbons (Fsp3) is 0.667. The quantitative estimate of drug-likeness (QED) is 0.798. The minimum absolute atomic E-state index is 0.575. The van der Waals surface area contributed by atoms with E-state index < -0.39 is 0 Å². The number of fused-ring (bicyclic) bond motifs is 1. The van der Waals surface area contributed by atoms with E-state index in [2.05, 4.69) is 25.2 Å². The molecule has 1 unspecified atom stereocenters. The van der Waals surface area contributed by atoms with Crippen LogP contribution in [0.5, 0.6) is 0 Å². The number of hydrogen-bond acceptors (Lipinski definition) is 2. The van der Waals surface area contributed by atoms with Crippen molar-refractivity contribution in [2.75, 3.05) is 6.54 Å². The van der Waals surface area contributed by atoms with Crippen LogP contribution in [0, 0.1) is 0 Å². The van der Waals surface area contributed by atoms with E-state index in [4.69, 9.17) is 4.42 Å². The molecular formula is C12H19NO. The maximum absolute atomic E-state index is 5.88. The van der Waals surface area contributed by atoms with Gasteiger partial charge in [-0.2, -0.15) is 0 Å². The lowest BCUT2D eigenvalue weighted by Crippen LogP contribution is -2.22. The molecule has 1 atom stereocenters. The predicted octanol–water partition coefficient (Wildman–Crippen LogP) is 2.83. The van der Waals surface area contributed by atoms with Gasteiger partial charge in [0.15, 0.2) is 0 Å². The van der Waals surface area contributed by atoms with Crippen molar-refractivity contribution >= 4 is 0 Å². The van der Waals surface area contributed by atoms with Gasteiger partial charge in [-0.15, -0.1) is 0 Å². The molecule has 0 amide bonds. The van der Waals surface area contributed by atoms with E-state index in [9.17, 15) is 0 Å². The third-order valence-corrected chi connectivity index (χ3v) is 2.97. The molecule has 0 saturated heterocycles. The first-order valence-corrected chi connectivity index (χ1v) is 5.63. The van der Waals surface area contributed by atoms with Gasteiger partial charge in [0, 0.05) is 31.0 Å². The summed E-state index contributed by atoms with van der Waals surface area (Å²) in [5.41, 5.74) is 1.37. The average Bonchev–Trinajstić information content (AvgIpc) is 2.61. The second-order valence-corrected chi connectivity index (χ2v) is 4.21. The van der Waals surface area contributed by atoms with Gasteiger partial charge in [-0.1, -0.05) is 20.3 Å². The molecule has 0 saturated carbocycles. The summed E-state index contributed by atoms with van der Waals surface area (Å²) in [5, 5.41) is 3.37. The fourth-order valence-corrected chi connectivity index (χ4v) is 2.09. The van der Waals surface area contributed by atoms with Crippen molar-refractivity contribution in [3.8, 4) is 0 Å². The van der Waals surface area contributed by atoms with Gasteiger partial charge in [0.1, 0.15) is 11.5 Å². The normalized spacial score (nSPS) is 17.9. The van der Waals surface area contributed by atoms with Crippen molar-refractivity contribution in [1.82, 2.24) is 5.32 Å². The van der Waals surface area contributed by atoms with Gasteiger partial charge in [-0.05, 0) is 12.5 Å². The first-order valence-electron chi connectivity index (χ1n) is 5.63. The van der Waals surface area contributed by atoms with E-state index in [1.165, 1.54) is 29.9 Å². The average molecular weight is 193 g/mol. The second-order valence-electron chi connectivity index (χ2n) is 4.21. The lowest BCUT2D eigenvalue weighted by atomic mass is 10.0. The van der Waals surface area contributed by atoms with Crippen LogP contribution in [-0.4, -0.2) is 6.54 Å². The van der Waals surface area contributed by atoms with Crippen molar-refractivity contribution in [2.24, 2.45) is 0 Å². The fourth-order valence-electron chi connectivity index (χ4n) is 2.09. The molecule has 0 aliphatic carbocycles. The molecule has 78 valence electrons. The minimum Gasteiger partial charge on any atom is -0.465 e. The Morgan fingerprint density at radius 2 is 2.43 bits per heavy atom. The molecule has 2 heterocycles. The van der Waals surface area contributed by atoms with Crippen LogP contribution in [0.2, 0.25) is 0 Å². The van der Waals surface area contributed by atoms with Crippen LogP contribution in [-0.2, 0) is 13.0 Å². The van der Waals surface area contributed by atoms with E-state index in [0.29, 0.717) is 5.92 Å². The highest BCUT2D eigenvalue weighted by Gasteiger charge is 2.17. The lowest BCUT2D eigenvalue weighted by molar-refractivity contribution is 0.414. The van der Waals surface area contributed by atoms with E-state index in [0.717, 1.165) is 19.5 Å². The Hall–Kier alpha value is -0.760. The molecule has 0 bridgehead atoms. The summed E-state index contributed by atoms with van der Waals surface area (Å²) in [6, 6.07) is 2.24. The Bertz CT molecular complexity index is 280. The third kappa shape index (κ3) is 1.85. The molecule has 1 N–H and O–H groups in total. The number of furan rings is 1. The molecule has 2 rings (SSSR count). The molecule has 0 radical (unpaired) electrons. The SMILES string of the molecule is CCCC(C)c1cc2c(o1)CCNC2. The summed E-state index contributed by atoms with van der Waals surface area (Å²) in [6.07, 6.45) is 3.50. The van der Waals surface area contributed by atoms with Gasteiger partial charge >= 0.3 is 0 Å². The van der Waals surface area contributed by atoms with Crippen LogP contribution in [0.15, 0.2) is 10.5 Å². The molecule has 1 aromatic rings. The Labute approximate surface area is 85.7 Å². The van der Waals surface area contributed by atoms with E-state index in [1.807, 2.05) is 0 Å². The maximum Gasteiger partial charge on any atom is 0.109 e. The summed E-state index contributed by atoms with van der Waals surface area (Å²) < 4.78 is 5.88. The van der Waals surface area contributed by atoms with E-state index in [-0.39, 0.29) is 0 Å². The summed E-state index contributed by atoms with van der Waals surface area (Å²) in [5.74, 6) is 2.97. The monoisotopic (exact) mass is 193 g/mol. The minimum atomic E-state index is 0.575. The van der Waals surface area contributed by atoms with Gasteiger partial charge in [-0.25, -0.2) is 0 Å². The molecule has 0 spiro atoms. The van der Waals surface area contributed by atoms with Gasteiger partial charge in [0.25, 0.3) is 0 Å². The van der Waals surface area contributed by atoms with Crippen molar-refractivity contribution in [3.63, 3.8) is 0 Å². The third-order valence-electron chi connectivity index (χ3n) is 2.97. The van der Waals surface area contributed by atoms with Gasteiger partial charge in [-0.3, -0.25) is 0 Å². The highest BCUT2D eigenvalue weighted by atomic mass is 16.3.